The summed E-state index contributed by atoms with van der Waals surface area (Å²) in [7, 11) is 0. The van der Waals surface area contributed by atoms with Gasteiger partial charge in [-0.1, -0.05) is 6.08 Å². The zero-order chi connectivity index (χ0) is 14.0. The Morgan fingerprint density at radius 1 is 0.684 bits per heavy atom. The topological polar surface area (TPSA) is 66.4 Å². The zero-order valence-electron chi connectivity index (χ0n) is 11.7. The van der Waals surface area contributed by atoms with Crippen LogP contribution in [0, 0.1) is 0 Å². The van der Waals surface area contributed by atoms with E-state index in [4.69, 9.17) is 28.8 Å². The third kappa shape index (κ3) is 17.3. The van der Waals surface area contributed by atoms with Crippen LogP contribution < -0.4 is 0 Å². The molecule has 0 atom stereocenters. The first-order chi connectivity index (χ1) is 9.41. The molecule has 0 aromatic heterocycles. The molecule has 0 bridgehead atoms. The summed E-state index contributed by atoms with van der Waals surface area (Å²) in [5, 5.41) is 8.46. The largest absolute Gasteiger partial charge is 0.499 e. The molecule has 1 N–H and O–H groups in total. The zero-order valence-corrected chi connectivity index (χ0v) is 11.7. The van der Waals surface area contributed by atoms with Crippen LogP contribution in [0.5, 0.6) is 0 Å². The van der Waals surface area contributed by atoms with E-state index in [1.54, 1.807) is 6.26 Å². The van der Waals surface area contributed by atoms with Gasteiger partial charge in [0.2, 0.25) is 0 Å². The minimum atomic E-state index is 0.0445. The van der Waals surface area contributed by atoms with Gasteiger partial charge in [0.05, 0.1) is 65.7 Å². The van der Waals surface area contributed by atoms with Gasteiger partial charge in [-0.25, -0.2) is 0 Å². The maximum atomic E-state index is 8.46. The highest BCUT2D eigenvalue weighted by Crippen LogP contribution is 1.84. The van der Waals surface area contributed by atoms with Gasteiger partial charge in [0, 0.05) is 0 Å². The van der Waals surface area contributed by atoms with Gasteiger partial charge >= 0.3 is 0 Å². The van der Waals surface area contributed by atoms with E-state index in [-0.39, 0.29) is 6.61 Å². The Balaban J connectivity index is 2.91. The van der Waals surface area contributed by atoms with Crippen molar-refractivity contribution in [2.45, 2.75) is 6.92 Å². The Labute approximate surface area is 115 Å². The van der Waals surface area contributed by atoms with Gasteiger partial charge in [-0.3, -0.25) is 0 Å². The first-order valence-electron chi connectivity index (χ1n) is 6.56. The molecule has 0 saturated carbocycles. The van der Waals surface area contributed by atoms with Gasteiger partial charge in [0.15, 0.2) is 0 Å². The van der Waals surface area contributed by atoms with E-state index >= 15 is 0 Å². The van der Waals surface area contributed by atoms with Gasteiger partial charge in [0.25, 0.3) is 0 Å². The Hall–Kier alpha value is -0.660. The van der Waals surface area contributed by atoms with Crippen molar-refractivity contribution in [3.05, 3.63) is 12.3 Å². The SMILES string of the molecule is CC=COCCOCCOCCOCCOCCO. The number of allylic oxidation sites excluding steroid dienone is 1. The number of hydrogen-bond acceptors (Lipinski definition) is 6. The summed E-state index contributed by atoms with van der Waals surface area (Å²) in [6.07, 6.45) is 3.47. The van der Waals surface area contributed by atoms with Crippen molar-refractivity contribution < 1.29 is 28.8 Å². The summed E-state index contributed by atoms with van der Waals surface area (Å²) in [6.45, 7) is 6.61. The van der Waals surface area contributed by atoms with Crippen molar-refractivity contribution in [2.24, 2.45) is 0 Å². The number of hydrogen-bond donors (Lipinski definition) is 1. The third-order valence-corrected chi connectivity index (χ3v) is 1.93. The number of ether oxygens (including phenoxy) is 5. The molecule has 0 aromatic rings. The molecule has 6 heteroatoms. The molecule has 0 heterocycles. The van der Waals surface area contributed by atoms with Crippen LogP contribution in [0.3, 0.4) is 0 Å². The summed E-state index contributed by atoms with van der Waals surface area (Å²) in [5.74, 6) is 0. The fourth-order valence-electron chi connectivity index (χ4n) is 1.10. The van der Waals surface area contributed by atoms with Gasteiger partial charge in [-0.15, -0.1) is 0 Å². The fourth-order valence-corrected chi connectivity index (χ4v) is 1.10. The molecule has 0 aliphatic rings. The lowest BCUT2D eigenvalue weighted by molar-refractivity contribution is -0.00910. The maximum absolute atomic E-state index is 8.46. The minimum absolute atomic E-state index is 0.0445. The molecule has 0 unspecified atom stereocenters. The van der Waals surface area contributed by atoms with Crippen LogP contribution >= 0.6 is 0 Å². The van der Waals surface area contributed by atoms with Crippen LogP contribution in [0.25, 0.3) is 0 Å². The van der Waals surface area contributed by atoms with E-state index in [0.29, 0.717) is 59.5 Å². The lowest BCUT2D eigenvalue weighted by Crippen LogP contribution is -2.13. The van der Waals surface area contributed by atoms with E-state index in [1.807, 2.05) is 13.0 Å². The lowest BCUT2D eigenvalue weighted by atomic mass is 10.7. The van der Waals surface area contributed by atoms with Crippen molar-refractivity contribution in [1.29, 1.82) is 0 Å². The van der Waals surface area contributed by atoms with Gasteiger partial charge < -0.3 is 28.8 Å². The maximum Gasteiger partial charge on any atom is 0.111 e. The normalized spacial score (nSPS) is 11.3. The molecule has 0 spiro atoms. The molecule has 114 valence electrons. The van der Waals surface area contributed by atoms with Gasteiger partial charge in [-0.2, -0.15) is 0 Å². The third-order valence-electron chi connectivity index (χ3n) is 1.93. The molecule has 0 rings (SSSR count). The molecular formula is C13H26O6. The average Bonchev–Trinajstić information content (AvgIpc) is 2.43. The molecule has 0 fully saturated rings. The second-order valence-corrected chi connectivity index (χ2v) is 3.51. The fraction of sp³-hybridized carbons (Fsp3) is 0.846. The number of aliphatic hydroxyl groups excluding tert-OH is 1. The highest BCUT2D eigenvalue weighted by atomic mass is 16.6. The Morgan fingerprint density at radius 3 is 1.53 bits per heavy atom. The minimum Gasteiger partial charge on any atom is -0.499 e. The van der Waals surface area contributed by atoms with Crippen molar-refractivity contribution in [3.63, 3.8) is 0 Å². The van der Waals surface area contributed by atoms with E-state index < -0.39 is 0 Å². The molecule has 0 aliphatic heterocycles. The Bertz CT molecular complexity index is 186. The standard InChI is InChI=1S/C13H26O6/c1-2-4-15-6-8-17-10-12-19-13-11-18-9-7-16-5-3-14/h2,4,14H,3,5-13H2,1H3. The molecule has 0 aromatic carbocycles. The first-order valence-corrected chi connectivity index (χ1v) is 6.56. The van der Waals surface area contributed by atoms with Crippen LogP contribution in [0.15, 0.2) is 12.3 Å². The van der Waals surface area contributed by atoms with Crippen molar-refractivity contribution in [1.82, 2.24) is 0 Å². The molecule has 0 amide bonds. The predicted octanol–water partition coefficient (Wildman–Crippen LogP) is 0.595. The summed E-state index contributed by atoms with van der Waals surface area (Å²) in [6, 6.07) is 0. The van der Waals surface area contributed by atoms with Gasteiger partial charge in [-0.05, 0) is 6.92 Å². The van der Waals surface area contributed by atoms with Crippen molar-refractivity contribution in [2.75, 3.05) is 66.1 Å². The van der Waals surface area contributed by atoms with Crippen molar-refractivity contribution in [3.8, 4) is 0 Å². The molecule has 0 aliphatic carbocycles. The van der Waals surface area contributed by atoms with Crippen LogP contribution in [-0.2, 0) is 23.7 Å². The van der Waals surface area contributed by atoms with Crippen LogP contribution in [0.1, 0.15) is 6.92 Å². The second kappa shape index (κ2) is 17.3. The monoisotopic (exact) mass is 278 g/mol. The van der Waals surface area contributed by atoms with E-state index in [9.17, 15) is 0 Å². The predicted molar refractivity (Wildman–Crippen MR) is 71.1 cm³/mol. The Kier molecular flexibility index (Phi) is 16.7. The van der Waals surface area contributed by atoms with Crippen LogP contribution in [-0.4, -0.2) is 71.2 Å². The lowest BCUT2D eigenvalue weighted by Gasteiger charge is -2.07. The Morgan fingerprint density at radius 2 is 1.11 bits per heavy atom. The molecule has 19 heavy (non-hydrogen) atoms. The van der Waals surface area contributed by atoms with Crippen LogP contribution in [0.4, 0.5) is 0 Å². The number of aliphatic hydroxyl groups is 1. The van der Waals surface area contributed by atoms with E-state index in [1.165, 1.54) is 0 Å². The molecular weight excluding hydrogens is 252 g/mol. The molecule has 0 radical (unpaired) electrons. The quantitative estimate of drug-likeness (QED) is 0.349. The highest BCUT2D eigenvalue weighted by molar-refractivity contribution is 4.64. The van der Waals surface area contributed by atoms with Crippen molar-refractivity contribution >= 4 is 0 Å². The number of rotatable bonds is 15. The second-order valence-electron chi connectivity index (χ2n) is 3.51. The first kappa shape index (κ1) is 18.3. The van der Waals surface area contributed by atoms with E-state index in [0.717, 1.165) is 0 Å². The summed E-state index contributed by atoms with van der Waals surface area (Å²) >= 11 is 0. The molecule has 6 nitrogen and oxygen atoms in total. The van der Waals surface area contributed by atoms with Gasteiger partial charge in [0.1, 0.15) is 6.61 Å². The van der Waals surface area contributed by atoms with E-state index in [2.05, 4.69) is 0 Å². The highest BCUT2D eigenvalue weighted by Gasteiger charge is 1.92. The summed E-state index contributed by atoms with van der Waals surface area (Å²) in [5.41, 5.74) is 0. The van der Waals surface area contributed by atoms with Crippen LogP contribution in [0.2, 0.25) is 0 Å². The average molecular weight is 278 g/mol. The smallest absolute Gasteiger partial charge is 0.111 e. The molecule has 0 saturated heterocycles. The summed E-state index contributed by atoms with van der Waals surface area (Å²) < 4.78 is 26.0. The summed E-state index contributed by atoms with van der Waals surface area (Å²) in [4.78, 5) is 0.